The van der Waals surface area contributed by atoms with Crippen molar-refractivity contribution in [1.29, 1.82) is 0 Å². The Bertz CT molecular complexity index is 666. The summed E-state index contributed by atoms with van der Waals surface area (Å²) in [5.74, 6) is -2.41. The highest BCUT2D eigenvalue weighted by atomic mass is 32.1. The first-order valence-electron chi connectivity index (χ1n) is 7.61. The normalized spacial score (nSPS) is 10.1. The van der Waals surface area contributed by atoms with Gasteiger partial charge in [0.1, 0.15) is 9.88 Å². The zero-order chi connectivity index (χ0) is 19.0. The fourth-order valence-electron chi connectivity index (χ4n) is 1.94. The summed E-state index contributed by atoms with van der Waals surface area (Å²) in [5, 5.41) is 2.61. The minimum atomic E-state index is -0.695. The molecule has 0 fully saturated rings. The van der Waals surface area contributed by atoms with Gasteiger partial charge in [0.2, 0.25) is 0 Å². The minimum Gasteiger partial charge on any atom is -0.465 e. The molecule has 9 heteroatoms. The first-order valence-corrected chi connectivity index (χ1v) is 8.42. The molecular weight excluding hydrogens is 350 g/mol. The van der Waals surface area contributed by atoms with Gasteiger partial charge in [-0.3, -0.25) is 9.59 Å². The number of ether oxygens (including phenoxy) is 3. The Hall–Kier alpha value is -2.42. The summed E-state index contributed by atoms with van der Waals surface area (Å²) in [4.78, 5) is 47.3. The van der Waals surface area contributed by atoms with E-state index in [9.17, 15) is 19.2 Å². The Balaban J connectivity index is 2.89. The monoisotopic (exact) mass is 371 g/mol. The molecule has 1 heterocycles. The van der Waals surface area contributed by atoms with Crippen molar-refractivity contribution in [2.75, 3.05) is 26.1 Å². The number of esters is 3. The molecule has 0 bridgehead atoms. The van der Waals surface area contributed by atoms with E-state index in [1.165, 1.54) is 14.2 Å². The van der Waals surface area contributed by atoms with E-state index in [-0.39, 0.29) is 21.9 Å². The fourth-order valence-corrected chi connectivity index (χ4v) is 3.07. The largest absolute Gasteiger partial charge is 0.465 e. The fraction of sp³-hybridized carbons (Fsp3) is 0.500. The van der Waals surface area contributed by atoms with Crippen LogP contribution >= 0.6 is 11.3 Å². The van der Waals surface area contributed by atoms with Crippen molar-refractivity contribution in [2.24, 2.45) is 0 Å². The van der Waals surface area contributed by atoms with Gasteiger partial charge < -0.3 is 19.5 Å². The van der Waals surface area contributed by atoms with Gasteiger partial charge >= 0.3 is 17.9 Å². The van der Waals surface area contributed by atoms with Gasteiger partial charge in [0.25, 0.3) is 5.91 Å². The van der Waals surface area contributed by atoms with Crippen LogP contribution in [0.1, 0.15) is 51.8 Å². The van der Waals surface area contributed by atoms with Crippen molar-refractivity contribution in [2.45, 2.75) is 33.1 Å². The van der Waals surface area contributed by atoms with Crippen LogP contribution in [0.3, 0.4) is 0 Å². The topological polar surface area (TPSA) is 108 Å². The molecule has 1 amide bonds. The molecule has 0 aliphatic carbocycles. The first kappa shape index (κ1) is 20.6. The minimum absolute atomic E-state index is 0.0681. The van der Waals surface area contributed by atoms with Crippen molar-refractivity contribution in [3.05, 3.63) is 16.0 Å². The van der Waals surface area contributed by atoms with Crippen LogP contribution in [0.5, 0.6) is 0 Å². The summed E-state index contributed by atoms with van der Waals surface area (Å²) in [6, 6.07) is 0. The number of unbranched alkanes of at least 4 members (excludes halogenated alkanes) is 1. The van der Waals surface area contributed by atoms with Crippen molar-refractivity contribution >= 4 is 40.2 Å². The van der Waals surface area contributed by atoms with E-state index in [0.717, 1.165) is 17.8 Å². The van der Waals surface area contributed by atoms with Gasteiger partial charge in [0, 0.05) is 6.42 Å². The van der Waals surface area contributed by atoms with Crippen LogP contribution in [0.2, 0.25) is 0 Å². The molecule has 1 aromatic rings. The summed E-state index contributed by atoms with van der Waals surface area (Å²) in [6.07, 6.45) is 1.76. The van der Waals surface area contributed by atoms with Crippen molar-refractivity contribution in [3.8, 4) is 0 Å². The number of thiophene rings is 1. The summed E-state index contributed by atoms with van der Waals surface area (Å²) in [6.45, 7) is 3.01. The maximum Gasteiger partial charge on any atom is 0.348 e. The second kappa shape index (κ2) is 9.77. The molecule has 0 saturated heterocycles. The van der Waals surface area contributed by atoms with E-state index < -0.39 is 30.4 Å². The average Bonchev–Trinajstić information content (AvgIpc) is 2.92. The van der Waals surface area contributed by atoms with Gasteiger partial charge in [-0.2, -0.15) is 0 Å². The summed E-state index contributed by atoms with van der Waals surface area (Å²) >= 11 is 0.891. The van der Waals surface area contributed by atoms with E-state index in [1.54, 1.807) is 6.92 Å². The van der Waals surface area contributed by atoms with Crippen molar-refractivity contribution < 1.29 is 33.4 Å². The van der Waals surface area contributed by atoms with Crippen LogP contribution in [-0.2, 0) is 23.8 Å². The number of methoxy groups -OCH3 is 2. The first-order chi connectivity index (χ1) is 11.8. The maximum absolute atomic E-state index is 12.0. The zero-order valence-electron chi connectivity index (χ0n) is 14.6. The molecular formula is C16H21NO7S. The molecule has 0 radical (unpaired) electrons. The van der Waals surface area contributed by atoms with E-state index in [2.05, 4.69) is 14.8 Å². The number of rotatable bonds is 8. The van der Waals surface area contributed by atoms with E-state index in [4.69, 9.17) is 4.74 Å². The van der Waals surface area contributed by atoms with E-state index in [0.29, 0.717) is 12.0 Å². The highest BCUT2D eigenvalue weighted by Gasteiger charge is 2.26. The molecule has 0 aliphatic heterocycles. The number of carbonyl (C=O) groups is 4. The summed E-state index contributed by atoms with van der Waals surface area (Å²) in [7, 11) is 2.41. The van der Waals surface area contributed by atoms with Crippen molar-refractivity contribution in [3.63, 3.8) is 0 Å². The molecule has 8 nitrogen and oxygen atoms in total. The van der Waals surface area contributed by atoms with E-state index >= 15 is 0 Å². The third-order valence-electron chi connectivity index (χ3n) is 3.26. The smallest absolute Gasteiger partial charge is 0.348 e. The van der Waals surface area contributed by atoms with Gasteiger partial charge in [-0.15, -0.1) is 11.3 Å². The maximum atomic E-state index is 12.0. The lowest BCUT2D eigenvalue weighted by atomic mass is 10.1. The number of nitrogens with one attached hydrogen (secondary N) is 1. The van der Waals surface area contributed by atoms with Crippen molar-refractivity contribution in [1.82, 2.24) is 0 Å². The Morgan fingerprint density at radius 1 is 1.08 bits per heavy atom. The molecule has 0 saturated carbocycles. The Kier molecular flexibility index (Phi) is 8.06. The van der Waals surface area contributed by atoms with Crippen LogP contribution < -0.4 is 5.32 Å². The molecule has 0 aliphatic rings. The third-order valence-corrected chi connectivity index (χ3v) is 4.45. The number of amides is 1. The van der Waals surface area contributed by atoms with Gasteiger partial charge in [0.05, 0.1) is 19.8 Å². The van der Waals surface area contributed by atoms with Gasteiger partial charge in [-0.05, 0) is 18.9 Å². The zero-order valence-corrected chi connectivity index (χ0v) is 15.4. The predicted octanol–water partition coefficient (Wildman–Crippen LogP) is 2.30. The second-order valence-corrected chi connectivity index (χ2v) is 6.08. The highest BCUT2D eigenvalue weighted by molar-refractivity contribution is 7.18. The van der Waals surface area contributed by atoms with Crippen LogP contribution in [-0.4, -0.2) is 44.6 Å². The summed E-state index contributed by atoms with van der Waals surface area (Å²) < 4.78 is 14.2. The Morgan fingerprint density at radius 3 is 2.28 bits per heavy atom. The van der Waals surface area contributed by atoms with Crippen LogP contribution in [0.4, 0.5) is 5.00 Å². The number of hydrogen-bond donors (Lipinski definition) is 1. The third kappa shape index (κ3) is 5.56. The Morgan fingerprint density at radius 2 is 1.72 bits per heavy atom. The molecule has 0 unspecified atom stereocenters. The quantitative estimate of drug-likeness (QED) is 0.552. The van der Waals surface area contributed by atoms with Crippen LogP contribution in [0, 0.1) is 6.92 Å². The van der Waals surface area contributed by atoms with Gasteiger partial charge in [-0.1, -0.05) is 13.3 Å². The molecule has 138 valence electrons. The average molecular weight is 371 g/mol. The number of hydrogen-bond acceptors (Lipinski definition) is 8. The standard InChI is InChI=1S/C16H21NO7S/c1-5-6-7-11(19)24-8-10(18)17-14-12(15(20)22-3)9(2)13(25-14)16(21)23-4/h5-8H2,1-4H3,(H,17,18). The molecule has 25 heavy (non-hydrogen) atoms. The van der Waals surface area contributed by atoms with Gasteiger partial charge in [0.15, 0.2) is 6.61 Å². The summed E-state index contributed by atoms with van der Waals surface area (Å²) in [5.41, 5.74) is 0.414. The number of anilines is 1. The number of carbonyl (C=O) groups excluding carboxylic acids is 4. The van der Waals surface area contributed by atoms with Crippen LogP contribution in [0.15, 0.2) is 0 Å². The molecule has 1 rings (SSSR count). The predicted molar refractivity (Wildman–Crippen MR) is 90.8 cm³/mol. The van der Waals surface area contributed by atoms with Gasteiger partial charge in [-0.25, -0.2) is 9.59 Å². The molecule has 0 atom stereocenters. The molecule has 0 spiro atoms. The second-order valence-electron chi connectivity index (χ2n) is 5.06. The lowest BCUT2D eigenvalue weighted by Gasteiger charge is -2.07. The SMILES string of the molecule is CCCCC(=O)OCC(=O)Nc1sc(C(=O)OC)c(C)c1C(=O)OC. The lowest BCUT2D eigenvalue weighted by molar-refractivity contribution is -0.147. The molecule has 1 N–H and O–H groups in total. The lowest BCUT2D eigenvalue weighted by Crippen LogP contribution is -2.21. The Labute approximate surface area is 149 Å². The van der Waals surface area contributed by atoms with Crippen LogP contribution in [0.25, 0.3) is 0 Å². The molecule has 1 aromatic heterocycles. The highest BCUT2D eigenvalue weighted by Crippen LogP contribution is 2.34. The molecule has 0 aromatic carbocycles. The van der Waals surface area contributed by atoms with E-state index in [1.807, 2.05) is 6.92 Å².